The van der Waals surface area contributed by atoms with Crippen LogP contribution in [0.1, 0.15) is 26.2 Å². The molecule has 0 aromatic heterocycles. The van der Waals surface area contributed by atoms with Crippen molar-refractivity contribution in [3.63, 3.8) is 0 Å². The van der Waals surface area contributed by atoms with Crippen molar-refractivity contribution in [2.75, 3.05) is 13.1 Å². The molecule has 2 atom stereocenters. The van der Waals surface area contributed by atoms with E-state index in [2.05, 4.69) is 24.1 Å². The van der Waals surface area contributed by atoms with Gasteiger partial charge in [0.25, 0.3) is 0 Å². The number of nitrogens with one attached hydrogen (secondary N) is 2. The van der Waals surface area contributed by atoms with Gasteiger partial charge in [-0.25, -0.2) is 0 Å². The van der Waals surface area contributed by atoms with E-state index >= 15 is 0 Å². The molecular formula is C10H20N2. The lowest BCUT2D eigenvalue weighted by Gasteiger charge is -2.24. The smallest absolute Gasteiger partial charge is 0.0219 e. The molecule has 2 nitrogen and oxygen atoms in total. The van der Waals surface area contributed by atoms with Crippen molar-refractivity contribution in [3.05, 3.63) is 12.7 Å². The largest absolute Gasteiger partial charge is 0.313 e. The molecule has 0 bridgehead atoms. The Morgan fingerprint density at radius 2 is 2.50 bits per heavy atom. The number of hydrogen-bond donors (Lipinski definition) is 2. The molecule has 0 aromatic carbocycles. The average molecular weight is 168 g/mol. The minimum atomic E-state index is 0.439. The van der Waals surface area contributed by atoms with Gasteiger partial charge in [-0.1, -0.05) is 12.5 Å². The summed E-state index contributed by atoms with van der Waals surface area (Å²) in [6, 6.07) is 1.12. The normalized spacial score (nSPS) is 26.6. The van der Waals surface area contributed by atoms with Crippen molar-refractivity contribution >= 4 is 0 Å². The summed E-state index contributed by atoms with van der Waals surface area (Å²) >= 11 is 0. The fourth-order valence-electron chi connectivity index (χ4n) is 1.51. The van der Waals surface area contributed by atoms with Crippen molar-refractivity contribution in [1.82, 2.24) is 10.6 Å². The molecule has 0 saturated carbocycles. The first kappa shape index (κ1) is 9.75. The van der Waals surface area contributed by atoms with E-state index in [1.807, 2.05) is 6.08 Å². The SMILES string of the molecule is C=CC(C)NCC1CCCCN1. The standard InChI is InChI=1S/C10H20N2/c1-3-9(2)12-8-10-6-4-5-7-11-10/h3,9-12H,1,4-8H2,2H3. The van der Waals surface area contributed by atoms with Gasteiger partial charge in [0.15, 0.2) is 0 Å². The van der Waals surface area contributed by atoms with Crippen molar-refractivity contribution in [2.45, 2.75) is 38.3 Å². The zero-order chi connectivity index (χ0) is 8.81. The molecule has 1 saturated heterocycles. The van der Waals surface area contributed by atoms with Gasteiger partial charge in [0.2, 0.25) is 0 Å². The molecule has 70 valence electrons. The van der Waals surface area contributed by atoms with Crippen LogP contribution in [0.2, 0.25) is 0 Å². The zero-order valence-electron chi connectivity index (χ0n) is 7.97. The lowest BCUT2D eigenvalue weighted by Crippen LogP contribution is -2.43. The van der Waals surface area contributed by atoms with Crippen LogP contribution in [0, 0.1) is 0 Å². The summed E-state index contributed by atoms with van der Waals surface area (Å²) in [4.78, 5) is 0. The highest BCUT2D eigenvalue weighted by atomic mass is 15.0. The number of piperidine rings is 1. The summed E-state index contributed by atoms with van der Waals surface area (Å²) in [6.45, 7) is 8.14. The Morgan fingerprint density at radius 3 is 3.08 bits per heavy atom. The van der Waals surface area contributed by atoms with Gasteiger partial charge in [-0.2, -0.15) is 0 Å². The fraction of sp³-hybridized carbons (Fsp3) is 0.800. The summed E-state index contributed by atoms with van der Waals surface area (Å²) < 4.78 is 0. The average Bonchev–Trinajstić information content (AvgIpc) is 2.16. The second-order valence-corrected chi connectivity index (χ2v) is 3.58. The van der Waals surface area contributed by atoms with Crippen LogP contribution in [0.25, 0.3) is 0 Å². The third-order valence-corrected chi connectivity index (χ3v) is 2.45. The van der Waals surface area contributed by atoms with Crippen molar-refractivity contribution < 1.29 is 0 Å². The molecule has 12 heavy (non-hydrogen) atoms. The monoisotopic (exact) mass is 168 g/mol. The molecule has 1 fully saturated rings. The van der Waals surface area contributed by atoms with E-state index in [4.69, 9.17) is 0 Å². The van der Waals surface area contributed by atoms with Crippen molar-refractivity contribution in [2.24, 2.45) is 0 Å². The van der Waals surface area contributed by atoms with Crippen molar-refractivity contribution in [1.29, 1.82) is 0 Å². The second kappa shape index (κ2) is 5.33. The fourth-order valence-corrected chi connectivity index (χ4v) is 1.51. The van der Waals surface area contributed by atoms with Crippen LogP contribution in [0.3, 0.4) is 0 Å². The Balaban J connectivity index is 2.08. The number of rotatable bonds is 4. The van der Waals surface area contributed by atoms with E-state index in [1.165, 1.54) is 25.8 Å². The molecule has 0 amide bonds. The Bertz CT molecular complexity index is 128. The first-order chi connectivity index (χ1) is 5.83. The van der Waals surface area contributed by atoms with Crippen LogP contribution < -0.4 is 10.6 Å². The van der Waals surface area contributed by atoms with Gasteiger partial charge in [-0.05, 0) is 26.3 Å². The molecule has 0 aromatic rings. The molecular weight excluding hydrogens is 148 g/mol. The van der Waals surface area contributed by atoms with Gasteiger partial charge >= 0.3 is 0 Å². The zero-order valence-corrected chi connectivity index (χ0v) is 7.97. The van der Waals surface area contributed by atoms with E-state index in [9.17, 15) is 0 Å². The summed E-state index contributed by atoms with van der Waals surface area (Å²) in [7, 11) is 0. The van der Waals surface area contributed by atoms with Crippen molar-refractivity contribution in [3.8, 4) is 0 Å². The van der Waals surface area contributed by atoms with Gasteiger partial charge in [0.1, 0.15) is 0 Å². The predicted molar refractivity (Wildman–Crippen MR) is 53.3 cm³/mol. The second-order valence-electron chi connectivity index (χ2n) is 3.58. The van der Waals surface area contributed by atoms with E-state index < -0.39 is 0 Å². The molecule has 1 aliphatic heterocycles. The first-order valence-electron chi connectivity index (χ1n) is 4.92. The number of hydrogen-bond acceptors (Lipinski definition) is 2. The lowest BCUT2D eigenvalue weighted by molar-refractivity contribution is 0.378. The Kier molecular flexibility index (Phi) is 4.33. The first-order valence-corrected chi connectivity index (χ1v) is 4.92. The third kappa shape index (κ3) is 3.37. The van der Waals surface area contributed by atoms with Crippen LogP contribution in [0.5, 0.6) is 0 Å². The van der Waals surface area contributed by atoms with E-state index in [0.29, 0.717) is 12.1 Å². The molecule has 2 heteroatoms. The Hall–Kier alpha value is -0.340. The molecule has 1 rings (SSSR count). The topological polar surface area (TPSA) is 24.1 Å². The molecule has 2 N–H and O–H groups in total. The maximum absolute atomic E-state index is 3.74. The highest BCUT2D eigenvalue weighted by molar-refractivity contribution is 4.84. The summed E-state index contributed by atoms with van der Waals surface area (Å²) in [5.41, 5.74) is 0. The molecule has 1 aliphatic rings. The minimum absolute atomic E-state index is 0.439. The van der Waals surface area contributed by atoms with Crippen LogP contribution in [0.15, 0.2) is 12.7 Å². The highest BCUT2D eigenvalue weighted by Crippen LogP contribution is 2.05. The quantitative estimate of drug-likeness (QED) is 0.618. The van der Waals surface area contributed by atoms with Crippen LogP contribution >= 0.6 is 0 Å². The van der Waals surface area contributed by atoms with E-state index in [1.54, 1.807) is 0 Å². The lowest BCUT2D eigenvalue weighted by atomic mass is 10.0. The maximum atomic E-state index is 3.74. The molecule has 0 spiro atoms. The highest BCUT2D eigenvalue weighted by Gasteiger charge is 2.11. The molecule has 1 heterocycles. The summed E-state index contributed by atoms with van der Waals surface area (Å²) in [5.74, 6) is 0. The van der Waals surface area contributed by atoms with E-state index in [0.717, 1.165) is 6.54 Å². The molecule has 2 unspecified atom stereocenters. The summed E-state index contributed by atoms with van der Waals surface area (Å²) in [5, 5.41) is 6.92. The predicted octanol–water partition coefficient (Wildman–Crippen LogP) is 1.29. The van der Waals surface area contributed by atoms with E-state index in [-0.39, 0.29) is 0 Å². The Labute approximate surface area is 75.4 Å². The molecule has 0 aliphatic carbocycles. The van der Waals surface area contributed by atoms with Gasteiger partial charge in [0, 0.05) is 18.6 Å². The third-order valence-electron chi connectivity index (χ3n) is 2.45. The van der Waals surface area contributed by atoms with Gasteiger partial charge < -0.3 is 10.6 Å². The molecule has 0 radical (unpaired) electrons. The van der Waals surface area contributed by atoms with Gasteiger partial charge in [0.05, 0.1) is 0 Å². The minimum Gasteiger partial charge on any atom is -0.313 e. The van der Waals surface area contributed by atoms with Crippen LogP contribution in [0.4, 0.5) is 0 Å². The maximum Gasteiger partial charge on any atom is 0.0219 e. The Morgan fingerprint density at radius 1 is 1.67 bits per heavy atom. The van der Waals surface area contributed by atoms with Gasteiger partial charge in [-0.15, -0.1) is 6.58 Å². The summed E-state index contributed by atoms with van der Waals surface area (Å²) in [6.07, 6.45) is 5.98. The van der Waals surface area contributed by atoms with Crippen LogP contribution in [-0.2, 0) is 0 Å². The van der Waals surface area contributed by atoms with Crippen LogP contribution in [-0.4, -0.2) is 25.2 Å². The van der Waals surface area contributed by atoms with Gasteiger partial charge in [-0.3, -0.25) is 0 Å².